The van der Waals surface area contributed by atoms with E-state index in [4.69, 9.17) is 0 Å². The second-order valence-corrected chi connectivity index (χ2v) is 9.68. The summed E-state index contributed by atoms with van der Waals surface area (Å²) in [5.74, 6) is 0.463. The van der Waals surface area contributed by atoms with Crippen LogP contribution in [0.4, 0.5) is 11.6 Å². The van der Waals surface area contributed by atoms with Crippen molar-refractivity contribution in [3.05, 3.63) is 51.5 Å². The second kappa shape index (κ2) is 6.83. The molecule has 154 valence electrons. The molecule has 10 nitrogen and oxygen atoms in total. The maximum atomic E-state index is 11.8. The minimum atomic E-state index is -3.02. The van der Waals surface area contributed by atoms with Crippen LogP contribution in [0.5, 0.6) is 0 Å². The lowest BCUT2D eigenvalue weighted by Crippen LogP contribution is -2.19. The Morgan fingerprint density at radius 1 is 1.34 bits per heavy atom. The van der Waals surface area contributed by atoms with Gasteiger partial charge in [0, 0.05) is 30.9 Å². The SMILES string of the molecule is Cc1nn([C@@H]2CCS(=O)(=O)C2)c(C)c1CN(C)c1nc2ccccn2c1[N+](=O)[O-]. The van der Waals surface area contributed by atoms with Gasteiger partial charge < -0.3 is 15.0 Å². The van der Waals surface area contributed by atoms with Crippen molar-refractivity contribution in [2.75, 3.05) is 23.5 Å². The quantitative estimate of drug-likeness (QED) is 0.460. The van der Waals surface area contributed by atoms with Crippen LogP contribution in [0.1, 0.15) is 29.4 Å². The van der Waals surface area contributed by atoms with Crippen molar-refractivity contribution in [1.29, 1.82) is 0 Å². The number of aryl methyl sites for hydroxylation is 1. The number of rotatable bonds is 5. The maximum Gasteiger partial charge on any atom is 0.372 e. The number of nitrogens with zero attached hydrogens (tertiary/aromatic N) is 6. The van der Waals surface area contributed by atoms with Gasteiger partial charge in [0.25, 0.3) is 0 Å². The Labute approximate surface area is 167 Å². The average molecular weight is 418 g/mol. The van der Waals surface area contributed by atoms with Crippen LogP contribution in [-0.2, 0) is 16.4 Å². The van der Waals surface area contributed by atoms with Crippen LogP contribution in [0.25, 0.3) is 5.65 Å². The largest absolute Gasteiger partial charge is 0.372 e. The van der Waals surface area contributed by atoms with E-state index >= 15 is 0 Å². The van der Waals surface area contributed by atoms with Crippen molar-refractivity contribution in [3.8, 4) is 0 Å². The zero-order chi connectivity index (χ0) is 20.9. The minimum Gasteiger partial charge on any atom is -0.358 e. The predicted molar refractivity (Wildman–Crippen MR) is 108 cm³/mol. The topological polar surface area (TPSA) is 116 Å². The van der Waals surface area contributed by atoms with Gasteiger partial charge in [0.05, 0.1) is 29.4 Å². The molecule has 1 saturated heterocycles. The third-order valence-corrected chi connectivity index (χ3v) is 7.20. The van der Waals surface area contributed by atoms with Crippen molar-refractivity contribution in [3.63, 3.8) is 0 Å². The molecule has 3 aromatic rings. The lowest BCUT2D eigenvalue weighted by molar-refractivity contribution is -0.389. The van der Waals surface area contributed by atoms with Gasteiger partial charge in [-0.15, -0.1) is 0 Å². The van der Waals surface area contributed by atoms with Crippen molar-refractivity contribution in [1.82, 2.24) is 19.2 Å². The van der Waals surface area contributed by atoms with Gasteiger partial charge in [0.2, 0.25) is 11.5 Å². The van der Waals surface area contributed by atoms with Gasteiger partial charge in [0.15, 0.2) is 9.84 Å². The lowest BCUT2D eigenvalue weighted by atomic mass is 10.1. The van der Waals surface area contributed by atoms with Gasteiger partial charge in [-0.3, -0.25) is 4.68 Å². The first-order valence-electron chi connectivity index (χ1n) is 9.25. The molecule has 3 aromatic heterocycles. The summed E-state index contributed by atoms with van der Waals surface area (Å²) in [4.78, 5) is 17.4. The number of imidazole rings is 1. The van der Waals surface area contributed by atoms with E-state index in [0.717, 1.165) is 17.0 Å². The number of aromatic nitrogens is 4. The van der Waals surface area contributed by atoms with Gasteiger partial charge in [-0.25, -0.2) is 8.42 Å². The standard InChI is InChI=1S/C18H22N6O4S/c1-12-15(13(2)23(20-12)14-7-9-29(27,28)11-14)10-21(3)17-18(24(25)26)22-8-5-4-6-16(22)19-17/h4-6,8,14H,7,9-11H2,1-3H3/t14-/m1/s1. The van der Waals surface area contributed by atoms with E-state index in [1.807, 2.05) is 13.8 Å². The summed E-state index contributed by atoms with van der Waals surface area (Å²) in [5.41, 5.74) is 3.08. The Bertz CT molecular complexity index is 1210. The Hall–Kier alpha value is -2.95. The molecule has 29 heavy (non-hydrogen) atoms. The highest BCUT2D eigenvalue weighted by atomic mass is 32.2. The fourth-order valence-corrected chi connectivity index (χ4v) is 5.65. The number of fused-ring (bicyclic) bond motifs is 1. The summed E-state index contributed by atoms with van der Waals surface area (Å²) >= 11 is 0. The van der Waals surface area contributed by atoms with Gasteiger partial charge in [0.1, 0.15) is 0 Å². The van der Waals surface area contributed by atoms with Gasteiger partial charge >= 0.3 is 5.82 Å². The summed E-state index contributed by atoms with van der Waals surface area (Å²) in [5, 5.41) is 16.2. The van der Waals surface area contributed by atoms with Crippen LogP contribution in [0, 0.1) is 24.0 Å². The summed E-state index contributed by atoms with van der Waals surface area (Å²) < 4.78 is 26.9. The van der Waals surface area contributed by atoms with Crippen molar-refractivity contribution in [2.45, 2.75) is 32.9 Å². The van der Waals surface area contributed by atoms with Crippen LogP contribution in [-0.4, -0.2) is 51.1 Å². The highest BCUT2D eigenvalue weighted by Gasteiger charge is 2.32. The van der Waals surface area contributed by atoms with Crippen LogP contribution in [0.15, 0.2) is 24.4 Å². The summed E-state index contributed by atoms with van der Waals surface area (Å²) in [6, 6.07) is 5.06. The third-order valence-electron chi connectivity index (χ3n) is 5.45. The Balaban J connectivity index is 1.68. The fraction of sp³-hybridized carbons (Fsp3) is 0.444. The smallest absolute Gasteiger partial charge is 0.358 e. The Morgan fingerprint density at radius 3 is 2.76 bits per heavy atom. The number of hydrogen-bond donors (Lipinski definition) is 0. The molecule has 0 radical (unpaired) electrons. The van der Waals surface area contributed by atoms with Crippen molar-refractivity contribution < 1.29 is 13.3 Å². The van der Waals surface area contributed by atoms with E-state index in [2.05, 4.69) is 10.1 Å². The molecule has 0 aromatic carbocycles. The molecule has 4 heterocycles. The summed E-state index contributed by atoms with van der Waals surface area (Å²) in [6.07, 6.45) is 2.17. The summed E-state index contributed by atoms with van der Waals surface area (Å²) in [7, 11) is -1.26. The van der Waals surface area contributed by atoms with E-state index in [-0.39, 0.29) is 29.2 Å². The third kappa shape index (κ3) is 3.35. The molecule has 1 atom stereocenters. The van der Waals surface area contributed by atoms with E-state index in [1.165, 1.54) is 4.40 Å². The molecule has 11 heteroatoms. The monoisotopic (exact) mass is 418 g/mol. The normalized spacial score (nSPS) is 18.4. The zero-order valence-corrected chi connectivity index (χ0v) is 17.3. The van der Waals surface area contributed by atoms with Crippen LogP contribution in [0.2, 0.25) is 0 Å². The van der Waals surface area contributed by atoms with Crippen LogP contribution < -0.4 is 4.90 Å². The lowest BCUT2D eigenvalue weighted by Gasteiger charge is -2.17. The number of sulfone groups is 1. The van der Waals surface area contributed by atoms with E-state index in [9.17, 15) is 18.5 Å². The number of hydrogen-bond acceptors (Lipinski definition) is 7. The highest BCUT2D eigenvalue weighted by Crippen LogP contribution is 2.31. The first-order valence-corrected chi connectivity index (χ1v) is 11.1. The van der Waals surface area contributed by atoms with E-state index in [0.29, 0.717) is 18.6 Å². The molecule has 0 bridgehead atoms. The predicted octanol–water partition coefficient (Wildman–Crippen LogP) is 2.05. The number of anilines is 1. The second-order valence-electron chi connectivity index (χ2n) is 7.45. The average Bonchev–Trinajstić information content (AvgIpc) is 3.30. The molecule has 1 fully saturated rings. The molecule has 0 saturated carbocycles. The summed E-state index contributed by atoms with van der Waals surface area (Å²) in [6.45, 7) is 4.16. The van der Waals surface area contributed by atoms with Crippen LogP contribution in [0.3, 0.4) is 0 Å². The Kier molecular flexibility index (Phi) is 4.56. The van der Waals surface area contributed by atoms with E-state index in [1.54, 1.807) is 41.0 Å². The molecule has 4 rings (SSSR count). The molecule has 0 amide bonds. The van der Waals surface area contributed by atoms with E-state index < -0.39 is 14.8 Å². The minimum absolute atomic E-state index is 0.0901. The molecule has 0 unspecified atom stereocenters. The first-order chi connectivity index (χ1) is 13.7. The molecule has 1 aliphatic rings. The fourth-order valence-electron chi connectivity index (χ4n) is 3.96. The van der Waals surface area contributed by atoms with Gasteiger partial charge in [-0.1, -0.05) is 6.07 Å². The number of pyridine rings is 1. The van der Waals surface area contributed by atoms with Crippen LogP contribution >= 0.6 is 0 Å². The zero-order valence-electron chi connectivity index (χ0n) is 16.4. The molecule has 1 aliphatic heterocycles. The molecular weight excluding hydrogens is 396 g/mol. The maximum absolute atomic E-state index is 11.8. The highest BCUT2D eigenvalue weighted by molar-refractivity contribution is 7.91. The molecule has 0 aliphatic carbocycles. The Morgan fingerprint density at radius 2 is 2.10 bits per heavy atom. The molecular formula is C18H22N6O4S. The van der Waals surface area contributed by atoms with Crippen molar-refractivity contribution in [2.24, 2.45) is 0 Å². The van der Waals surface area contributed by atoms with Crippen molar-refractivity contribution >= 4 is 27.1 Å². The molecule has 0 spiro atoms. The van der Waals surface area contributed by atoms with Gasteiger partial charge in [-0.2, -0.15) is 14.5 Å². The van der Waals surface area contributed by atoms with Gasteiger partial charge in [-0.05, 0) is 31.3 Å². The molecule has 0 N–H and O–H groups in total. The number of nitro groups is 1. The first kappa shape index (κ1) is 19.4.